The zero-order valence-electron chi connectivity index (χ0n) is 23.2. The molecule has 0 atom stereocenters. The van der Waals surface area contributed by atoms with Crippen LogP contribution in [0.3, 0.4) is 0 Å². The Morgan fingerprint density at radius 1 is 1.02 bits per heavy atom. The van der Waals surface area contributed by atoms with Gasteiger partial charge in [-0.3, -0.25) is 15.1 Å². The minimum Gasteiger partial charge on any atom is -0.358 e. The molecule has 1 aliphatic rings. The number of fused-ring (bicyclic) bond motifs is 1. The fourth-order valence-electron chi connectivity index (χ4n) is 5.63. The molecule has 6 nitrogen and oxygen atoms in total. The quantitative estimate of drug-likeness (QED) is 0.207. The first-order valence-electron chi connectivity index (χ1n) is 14.1. The van der Waals surface area contributed by atoms with Crippen molar-refractivity contribution >= 4 is 34.3 Å². The van der Waals surface area contributed by atoms with E-state index < -0.39 is 0 Å². The predicted molar refractivity (Wildman–Crippen MR) is 166 cm³/mol. The van der Waals surface area contributed by atoms with E-state index in [0.717, 1.165) is 66.6 Å². The summed E-state index contributed by atoms with van der Waals surface area (Å²) in [4.78, 5) is 12.6. The third-order valence-corrected chi connectivity index (χ3v) is 7.87. The normalized spacial score (nSPS) is 15.0. The van der Waals surface area contributed by atoms with Crippen LogP contribution in [0.2, 0.25) is 0 Å². The first-order chi connectivity index (χ1) is 20.0. The highest BCUT2D eigenvalue weighted by atomic mass is 19.1. The van der Waals surface area contributed by atoms with Crippen molar-refractivity contribution in [2.24, 2.45) is 5.92 Å². The van der Waals surface area contributed by atoms with E-state index in [0.29, 0.717) is 5.92 Å². The molecule has 4 heterocycles. The van der Waals surface area contributed by atoms with Crippen LogP contribution in [0.1, 0.15) is 44.6 Å². The Kier molecular flexibility index (Phi) is 7.33. The number of rotatable bonds is 7. The lowest BCUT2D eigenvalue weighted by Crippen LogP contribution is -2.23. The number of aromatic amines is 2. The zero-order chi connectivity index (χ0) is 28.3. The van der Waals surface area contributed by atoms with Crippen molar-refractivity contribution in [3.05, 3.63) is 102 Å². The molecule has 4 aromatic heterocycles. The summed E-state index contributed by atoms with van der Waals surface area (Å²) in [5, 5.41) is 14.1. The van der Waals surface area contributed by atoms with Crippen LogP contribution in [0.5, 0.6) is 0 Å². The summed E-state index contributed by atoms with van der Waals surface area (Å²) in [6.45, 7) is 10.7. The first kappa shape index (κ1) is 26.4. The van der Waals surface area contributed by atoms with Gasteiger partial charge in [-0.2, -0.15) is 5.10 Å². The summed E-state index contributed by atoms with van der Waals surface area (Å²) in [6, 6.07) is 12.4. The zero-order valence-corrected chi connectivity index (χ0v) is 23.2. The molecule has 206 valence electrons. The van der Waals surface area contributed by atoms with Crippen LogP contribution >= 0.6 is 0 Å². The van der Waals surface area contributed by atoms with Gasteiger partial charge in [-0.25, -0.2) is 4.39 Å². The second-order valence-electron chi connectivity index (χ2n) is 10.6. The number of hydrogen-bond acceptors (Lipinski definition) is 4. The molecule has 0 bridgehead atoms. The molecule has 0 spiro atoms. The number of hydrogen-bond donors (Lipinski definition) is 3. The van der Waals surface area contributed by atoms with Crippen molar-refractivity contribution in [3.63, 3.8) is 0 Å². The lowest BCUT2D eigenvalue weighted by Gasteiger charge is -2.24. The number of pyridine rings is 2. The highest BCUT2D eigenvalue weighted by molar-refractivity contribution is 5.96. The van der Waals surface area contributed by atoms with Crippen molar-refractivity contribution in [2.45, 2.75) is 39.0 Å². The number of benzene rings is 1. The van der Waals surface area contributed by atoms with Crippen molar-refractivity contribution in [3.8, 4) is 22.6 Å². The van der Waals surface area contributed by atoms with E-state index in [4.69, 9.17) is 0 Å². The van der Waals surface area contributed by atoms with Crippen LogP contribution in [0.25, 0.3) is 51.3 Å². The van der Waals surface area contributed by atoms with Crippen molar-refractivity contribution in [2.75, 3.05) is 5.32 Å². The number of nitrogens with zero attached hydrogens (tertiary/aromatic N) is 3. The highest BCUT2D eigenvalue weighted by Gasteiger charge is 2.17. The third kappa shape index (κ3) is 5.48. The van der Waals surface area contributed by atoms with E-state index >= 15 is 0 Å². The van der Waals surface area contributed by atoms with E-state index in [2.05, 4.69) is 49.7 Å². The number of nitrogens with one attached hydrogen (secondary N) is 3. The van der Waals surface area contributed by atoms with E-state index in [1.54, 1.807) is 18.3 Å². The van der Waals surface area contributed by atoms with Gasteiger partial charge in [0.2, 0.25) is 0 Å². The van der Waals surface area contributed by atoms with Crippen LogP contribution in [0.15, 0.2) is 79.9 Å². The maximum absolute atomic E-state index is 13.5. The predicted octanol–water partition coefficient (Wildman–Crippen LogP) is 6.95. The molecular formula is C34H33FN6. The van der Waals surface area contributed by atoms with E-state index in [1.807, 2.05) is 43.6 Å². The standard InChI is InChI=1S/C34H33FN6/c1-4-30-28(16-21(2)25-17-27(20-36-19-25)38-22(3)23-8-6-5-7-9-23)34(41-40-30)32-18-29-31(39-32)14-15-37-33(29)24-10-12-26(35)13-11-24/h4,10-20,23,38-40H,2-3,5-9H2,1H3/b28-16+,30-4+. The molecule has 0 aliphatic heterocycles. The van der Waals surface area contributed by atoms with Crippen LogP contribution in [0.4, 0.5) is 10.1 Å². The Hall–Kier alpha value is -4.78. The van der Waals surface area contributed by atoms with Gasteiger partial charge in [0.1, 0.15) is 11.5 Å². The average molecular weight is 545 g/mol. The molecule has 1 saturated carbocycles. The molecule has 6 rings (SSSR count). The smallest absolute Gasteiger partial charge is 0.123 e. The number of halogens is 1. The van der Waals surface area contributed by atoms with Gasteiger partial charge in [0, 0.05) is 45.3 Å². The minimum absolute atomic E-state index is 0.276. The molecule has 1 aromatic carbocycles. The number of allylic oxidation sites excluding steroid dienone is 2. The first-order valence-corrected chi connectivity index (χ1v) is 14.1. The number of aromatic nitrogens is 5. The van der Waals surface area contributed by atoms with Crippen molar-refractivity contribution < 1.29 is 4.39 Å². The second-order valence-corrected chi connectivity index (χ2v) is 10.6. The second kappa shape index (κ2) is 11.4. The summed E-state index contributed by atoms with van der Waals surface area (Å²) in [5.74, 6) is 0.232. The van der Waals surface area contributed by atoms with Gasteiger partial charge in [-0.1, -0.05) is 38.5 Å². The molecule has 5 aromatic rings. The molecule has 3 N–H and O–H groups in total. The number of H-pyrrole nitrogens is 2. The molecule has 1 aliphatic carbocycles. The molecule has 0 amide bonds. The van der Waals surface area contributed by atoms with Gasteiger partial charge >= 0.3 is 0 Å². The molecule has 0 radical (unpaired) electrons. The summed E-state index contributed by atoms with van der Waals surface area (Å²) in [6.07, 6.45) is 15.7. The van der Waals surface area contributed by atoms with Gasteiger partial charge in [0.25, 0.3) is 0 Å². The van der Waals surface area contributed by atoms with Crippen LogP contribution in [-0.4, -0.2) is 25.1 Å². The Morgan fingerprint density at radius 2 is 1.83 bits per heavy atom. The molecule has 0 unspecified atom stereocenters. The minimum atomic E-state index is -0.276. The maximum Gasteiger partial charge on any atom is 0.123 e. The average Bonchev–Trinajstić information content (AvgIpc) is 3.62. The molecule has 7 heteroatoms. The van der Waals surface area contributed by atoms with E-state index in [-0.39, 0.29) is 5.82 Å². The van der Waals surface area contributed by atoms with E-state index in [9.17, 15) is 4.39 Å². The Labute approximate surface area is 238 Å². The van der Waals surface area contributed by atoms with Crippen LogP contribution in [-0.2, 0) is 0 Å². The molecule has 0 saturated heterocycles. The highest BCUT2D eigenvalue weighted by Crippen LogP contribution is 2.31. The largest absolute Gasteiger partial charge is 0.358 e. The lowest BCUT2D eigenvalue weighted by molar-refractivity contribution is 0.405. The van der Waals surface area contributed by atoms with E-state index in [1.165, 1.54) is 44.2 Å². The lowest BCUT2D eigenvalue weighted by atomic mass is 9.87. The van der Waals surface area contributed by atoms with Crippen molar-refractivity contribution in [1.29, 1.82) is 0 Å². The topological polar surface area (TPSA) is 82.3 Å². The molecule has 1 fully saturated rings. The SMILES string of the molecule is C=C(/C=c1/c(-c2cc3c(-c4ccc(F)cc4)nccc3[nH]2)n[nH]/c1=C/C)c1cncc(NC(=C)C2CCCCC2)c1. The fraction of sp³-hybridized carbons (Fsp3) is 0.206. The Balaban J connectivity index is 1.34. The Morgan fingerprint density at radius 3 is 2.61 bits per heavy atom. The number of anilines is 1. The van der Waals surface area contributed by atoms with Gasteiger partial charge in [-0.15, -0.1) is 0 Å². The maximum atomic E-state index is 13.5. The summed E-state index contributed by atoms with van der Waals surface area (Å²) in [7, 11) is 0. The van der Waals surface area contributed by atoms with Crippen LogP contribution < -0.4 is 15.9 Å². The molecular weight excluding hydrogens is 511 g/mol. The fourth-order valence-corrected chi connectivity index (χ4v) is 5.63. The Bertz CT molecular complexity index is 1860. The van der Waals surface area contributed by atoms with Crippen molar-refractivity contribution in [1.82, 2.24) is 25.1 Å². The van der Waals surface area contributed by atoms with Gasteiger partial charge < -0.3 is 10.3 Å². The monoisotopic (exact) mass is 544 g/mol. The van der Waals surface area contributed by atoms with Gasteiger partial charge in [0.05, 0.1) is 28.6 Å². The summed E-state index contributed by atoms with van der Waals surface area (Å²) >= 11 is 0. The summed E-state index contributed by atoms with van der Waals surface area (Å²) < 4.78 is 13.5. The van der Waals surface area contributed by atoms with Gasteiger partial charge in [-0.05, 0) is 79.8 Å². The van der Waals surface area contributed by atoms with Crippen LogP contribution in [0, 0.1) is 11.7 Å². The van der Waals surface area contributed by atoms with Gasteiger partial charge in [0.15, 0.2) is 0 Å². The summed E-state index contributed by atoms with van der Waals surface area (Å²) in [5.41, 5.74) is 7.88. The third-order valence-electron chi connectivity index (χ3n) is 7.87. The molecule has 41 heavy (non-hydrogen) atoms.